The Balaban J connectivity index is 1.95. The Morgan fingerprint density at radius 3 is 2.40 bits per heavy atom. The molecule has 0 bridgehead atoms. The molecule has 6 nitrogen and oxygen atoms in total. The zero-order chi connectivity index (χ0) is 21.8. The standard InChI is InChI=1S/C23H26O6S/c1-4-29-16-7-5-14(6-8-16)10-15-11-17(18(28-3)9-13(15)2)23-22(27)21(26)20(25)19(12-24)30-23/h5-9,11,19,21,23-24,26H,4,10,12H2,1-3H3/t19-,21+,23+/m1/s1. The van der Waals surface area contributed by atoms with Crippen LogP contribution in [0.25, 0.3) is 0 Å². The van der Waals surface area contributed by atoms with Crippen LogP contribution in [0.3, 0.4) is 0 Å². The molecule has 2 N–H and O–H groups in total. The summed E-state index contributed by atoms with van der Waals surface area (Å²) in [6.07, 6.45) is -1.08. The maximum Gasteiger partial charge on any atom is 0.186 e. The Morgan fingerprint density at radius 2 is 1.80 bits per heavy atom. The van der Waals surface area contributed by atoms with Crippen molar-refractivity contribution >= 4 is 23.3 Å². The van der Waals surface area contributed by atoms with Gasteiger partial charge in [-0.15, -0.1) is 11.8 Å². The summed E-state index contributed by atoms with van der Waals surface area (Å²) < 4.78 is 11.0. The van der Waals surface area contributed by atoms with Crippen LogP contribution in [0.1, 0.15) is 34.4 Å². The van der Waals surface area contributed by atoms with Crippen LogP contribution in [-0.2, 0) is 16.0 Å². The summed E-state index contributed by atoms with van der Waals surface area (Å²) in [5.41, 5.74) is 3.70. The first-order chi connectivity index (χ1) is 14.4. The zero-order valence-electron chi connectivity index (χ0n) is 17.3. The fraction of sp³-hybridized carbons (Fsp3) is 0.391. The van der Waals surface area contributed by atoms with E-state index in [9.17, 15) is 19.8 Å². The minimum Gasteiger partial charge on any atom is -0.496 e. The Labute approximate surface area is 180 Å². The highest BCUT2D eigenvalue weighted by molar-refractivity contribution is 8.01. The average molecular weight is 431 g/mol. The number of thioether (sulfide) groups is 1. The van der Waals surface area contributed by atoms with E-state index in [-0.39, 0.29) is 0 Å². The number of carbonyl (C=O) groups is 2. The smallest absolute Gasteiger partial charge is 0.186 e. The molecule has 0 radical (unpaired) electrons. The van der Waals surface area contributed by atoms with Crippen LogP contribution in [0, 0.1) is 6.92 Å². The molecule has 1 aliphatic heterocycles. The molecule has 1 saturated heterocycles. The van der Waals surface area contributed by atoms with Gasteiger partial charge in [0.15, 0.2) is 17.7 Å². The predicted octanol–water partition coefficient (Wildman–Crippen LogP) is 2.64. The lowest BCUT2D eigenvalue weighted by Crippen LogP contribution is -2.45. The van der Waals surface area contributed by atoms with Crippen molar-refractivity contribution in [1.82, 2.24) is 0 Å². The summed E-state index contributed by atoms with van der Waals surface area (Å²) in [5.74, 6) is 0.103. The molecule has 3 atom stereocenters. The lowest BCUT2D eigenvalue weighted by Gasteiger charge is -2.30. The first kappa shape index (κ1) is 22.3. The third kappa shape index (κ3) is 4.53. The minimum atomic E-state index is -1.73. The molecule has 0 amide bonds. The Hall–Kier alpha value is -2.35. The third-order valence-corrected chi connectivity index (χ3v) is 6.65. The molecule has 7 heteroatoms. The molecule has 2 aromatic carbocycles. The van der Waals surface area contributed by atoms with Crippen molar-refractivity contribution in [3.05, 3.63) is 58.7 Å². The molecule has 0 spiro atoms. The Kier molecular flexibility index (Phi) is 7.18. The first-order valence-corrected chi connectivity index (χ1v) is 10.7. The average Bonchev–Trinajstić information content (AvgIpc) is 2.75. The molecule has 1 heterocycles. The van der Waals surface area contributed by atoms with E-state index in [0.29, 0.717) is 24.3 Å². The van der Waals surface area contributed by atoms with Crippen molar-refractivity contribution < 1.29 is 29.3 Å². The van der Waals surface area contributed by atoms with Crippen LogP contribution >= 0.6 is 11.8 Å². The van der Waals surface area contributed by atoms with Gasteiger partial charge in [-0.1, -0.05) is 12.1 Å². The summed E-state index contributed by atoms with van der Waals surface area (Å²) >= 11 is 1.06. The zero-order valence-corrected chi connectivity index (χ0v) is 18.1. The first-order valence-electron chi connectivity index (χ1n) is 9.80. The summed E-state index contributed by atoms with van der Waals surface area (Å²) in [6, 6.07) is 11.6. The van der Waals surface area contributed by atoms with E-state index >= 15 is 0 Å². The van der Waals surface area contributed by atoms with Gasteiger partial charge in [-0.2, -0.15) is 0 Å². The van der Waals surface area contributed by atoms with Gasteiger partial charge >= 0.3 is 0 Å². The number of ether oxygens (including phenoxy) is 2. The van der Waals surface area contributed by atoms with Gasteiger partial charge in [0.2, 0.25) is 0 Å². The van der Waals surface area contributed by atoms with Crippen molar-refractivity contribution in [2.45, 2.75) is 36.9 Å². The lowest BCUT2D eigenvalue weighted by atomic mass is 9.93. The molecule has 0 aliphatic carbocycles. The van der Waals surface area contributed by atoms with Crippen molar-refractivity contribution in [2.75, 3.05) is 20.3 Å². The van der Waals surface area contributed by atoms with Crippen LogP contribution in [-0.4, -0.2) is 53.5 Å². The predicted molar refractivity (Wildman–Crippen MR) is 115 cm³/mol. The maximum absolute atomic E-state index is 12.7. The fourth-order valence-electron chi connectivity index (χ4n) is 3.53. The molecule has 0 unspecified atom stereocenters. The SMILES string of the molecule is CCOc1ccc(Cc2cc([C@@H]3S[C@H](CO)C(=O)[C@H](O)C3=O)c(OC)cc2C)cc1. The number of aliphatic hydroxyl groups excluding tert-OH is 2. The molecular weight excluding hydrogens is 404 g/mol. The van der Waals surface area contributed by atoms with E-state index < -0.39 is 34.8 Å². The fourth-order valence-corrected chi connectivity index (χ4v) is 4.80. The van der Waals surface area contributed by atoms with E-state index in [4.69, 9.17) is 9.47 Å². The van der Waals surface area contributed by atoms with E-state index in [0.717, 1.165) is 34.2 Å². The number of aryl methyl sites for hydroxylation is 1. The Bertz CT molecular complexity index is 924. The van der Waals surface area contributed by atoms with Crippen LogP contribution in [0.4, 0.5) is 0 Å². The number of ketones is 2. The number of hydrogen-bond acceptors (Lipinski definition) is 7. The molecule has 2 aromatic rings. The van der Waals surface area contributed by atoms with Gasteiger partial charge in [0, 0.05) is 5.56 Å². The second kappa shape index (κ2) is 9.64. The van der Waals surface area contributed by atoms with Crippen LogP contribution in [0.15, 0.2) is 36.4 Å². The number of hydrogen-bond donors (Lipinski definition) is 2. The molecule has 160 valence electrons. The van der Waals surface area contributed by atoms with Crippen molar-refractivity contribution in [3.63, 3.8) is 0 Å². The van der Waals surface area contributed by atoms with Gasteiger partial charge in [0.05, 0.1) is 30.8 Å². The van der Waals surface area contributed by atoms with E-state index in [1.807, 2.05) is 50.2 Å². The van der Waals surface area contributed by atoms with Gasteiger partial charge in [-0.3, -0.25) is 9.59 Å². The number of methoxy groups -OCH3 is 1. The highest BCUT2D eigenvalue weighted by Crippen LogP contribution is 2.43. The summed E-state index contributed by atoms with van der Waals surface area (Å²) in [5, 5.41) is 18.0. The number of rotatable bonds is 7. The maximum atomic E-state index is 12.7. The van der Waals surface area contributed by atoms with E-state index in [2.05, 4.69) is 0 Å². The van der Waals surface area contributed by atoms with E-state index in [1.54, 1.807) is 0 Å². The highest BCUT2D eigenvalue weighted by Gasteiger charge is 2.44. The van der Waals surface area contributed by atoms with Crippen molar-refractivity contribution in [1.29, 1.82) is 0 Å². The normalized spacial score (nSPS) is 21.6. The summed E-state index contributed by atoms with van der Waals surface area (Å²) in [6.45, 7) is 4.08. The molecule has 1 aliphatic rings. The number of carbonyl (C=O) groups excluding carboxylic acids is 2. The quantitative estimate of drug-likeness (QED) is 0.652. The number of Topliss-reactive ketones (excluding diaryl/α,β-unsaturated/α-hetero) is 2. The minimum absolute atomic E-state index is 0.433. The molecule has 30 heavy (non-hydrogen) atoms. The topological polar surface area (TPSA) is 93.1 Å². The van der Waals surface area contributed by atoms with Gasteiger partial charge in [0.25, 0.3) is 0 Å². The van der Waals surface area contributed by atoms with Crippen LogP contribution in [0.2, 0.25) is 0 Å². The second-order valence-electron chi connectivity index (χ2n) is 7.17. The monoisotopic (exact) mass is 430 g/mol. The largest absolute Gasteiger partial charge is 0.496 e. The van der Waals surface area contributed by atoms with Crippen LogP contribution < -0.4 is 9.47 Å². The van der Waals surface area contributed by atoms with Crippen molar-refractivity contribution in [2.24, 2.45) is 0 Å². The van der Waals surface area contributed by atoms with Gasteiger partial charge in [0.1, 0.15) is 11.5 Å². The lowest BCUT2D eigenvalue weighted by molar-refractivity contribution is -0.139. The van der Waals surface area contributed by atoms with Gasteiger partial charge in [-0.05, 0) is 61.2 Å². The van der Waals surface area contributed by atoms with Crippen LogP contribution in [0.5, 0.6) is 11.5 Å². The molecular formula is C23H26O6S. The van der Waals surface area contributed by atoms with E-state index in [1.165, 1.54) is 7.11 Å². The summed E-state index contributed by atoms with van der Waals surface area (Å²) in [4.78, 5) is 24.7. The summed E-state index contributed by atoms with van der Waals surface area (Å²) in [7, 11) is 1.52. The third-order valence-electron chi connectivity index (χ3n) is 5.18. The molecule has 0 saturated carbocycles. The van der Waals surface area contributed by atoms with Gasteiger partial charge in [-0.25, -0.2) is 0 Å². The molecule has 0 aromatic heterocycles. The molecule has 1 fully saturated rings. The number of aliphatic hydroxyl groups is 2. The second-order valence-corrected chi connectivity index (χ2v) is 8.48. The number of benzene rings is 2. The van der Waals surface area contributed by atoms with Gasteiger partial charge < -0.3 is 19.7 Å². The highest BCUT2D eigenvalue weighted by atomic mass is 32.2. The Morgan fingerprint density at radius 1 is 1.10 bits per heavy atom. The molecule has 3 rings (SSSR count). The van der Waals surface area contributed by atoms with Crippen molar-refractivity contribution in [3.8, 4) is 11.5 Å².